The van der Waals surface area contributed by atoms with Gasteiger partial charge < -0.3 is 14.4 Å². The molecular weight excluding hydrogens is 291 g/mol. The number of hydrogen-bond donors (Lipinski definition) is 0. The van der Waals surface area contributed by atoms with E-state index in [0.717, 1.165) is 4.90 Å². The average molecular weight is 309 g/mol. The standard InChI is InChI=1S/C12H18F3N3O3/c13-12(14,15)10-21-11(19)18(3-1-2-16)5-4-17-6-8-20-9-7-17/h1,3-10H2. The van der Waals surface area contributed by atoms with Gasteiger partial charge in [-0.05, 0) is 0 Å². The fourth-order valence-corrected chi connectivity index (χ4v) is 1.80. The van der Waals surface area contributed by atoms with Crippen molar-refractivity contribution >= 4 is 6.09 Å². The third-order valence-corrected chi connectivity index (χ3v) is 2.90. The van der Waals surface area contributed by atoms with Gasteiger partial charge in [-0.2, -0.15) is 18.4 Å². The van der Waals surface area contributed by atoms with Crippen molar-refractivity contribution in [3.05, 3.63) is 0 Å². The van der Waals surface area contributed by atoms with E-state index < -0.39 is 18.9 Å². The molecule has 1 heterocycles. The SMILES string of the molecule is N#CCCN(CCN1CCOCC1)C(=O)OCC(F)(F)F. The lowest BCUT2D eigenvalue weighted by Gasteiger charge is -2.29. The second kappa shape index (κ2) is 8.69. The molecule has 0 bridgehead atoms. The predicted molar refractivity (Wildman–Crippen MR) is 66.5 cm³/mol. The zero-order chi connectivity index (χ0) is 15.7. The third kappa shape index (κ3) is 7.72. The van der Waals surface area contributed by atoms with Crippen LogP contribution in [-0.4, -0.2) is 74.6 Å². The summed E-state index contributed by atoms with van der Waals surface area (Å²) in [4.78, 5) is 14.8. The Kier molecular flexibility index (Phi) is 7.25. The summed E-state index contributed by atoms with van der Waals surface area (Å²) in [6.45, 7) is 1.78. The van der Waals surface area contributed by atoms with Crippen LogP contribution >= 0.6 is 0 Å². The predicted octanol–water partition coefficient (Wildman–Crippen LogP) is 1.23. The minimum absolute atomic E-state index is 0.0459. The molecule has 1 rings (SSSR count). The second-order valence-electron chi connectivity index (χ2n) is 4.52. The largest absolute Gasteiger partial charge is 0.440 e. The van der Waals surface area contributed by atoms with E-state index in [1.807, 2.05) is 11.0 Å². The molecule has 0 aliphatic carbocycles. The summed E-state index contributed by atoms with van der Waals surface area (Å²) in [5.41, 5.74) is 0. The zero-order valence-corrected chi connectivity index (χ0v) is 11.6. The van der Waals surface area contributed by atoms with Gasteiger partial charge in [0.1, 0.15) is 0 Å². The van der Waals surface area contributed by atoms with E-state index in [1.54, 1.807) is 0 Å². The monoisotopic (exact) mass is 309 g/mol. The second-order valence-corrected chi connectivity index (χ2v) is 4.52. The molecule has 0 N–H and O–H groups in total. The molecule has 0 radical (unpaired) electrons. The molecule has 0 unspecified atom stereocenters. The first-order chi connectivity index (χ1) is 9.92. The molecule has 0 saturated carbocycles. The molecule has 1 saturated heterocycles. The third-order valence-electron chi connectivity index (χ3n) is 2.90. The van der Waals surface area contributed by atoms with Gasteiger partial charge in [-0.15, -0.1) is 0 Å². The first-order valence-electron chi connectivity index (χ1n) is 6.58. The molecule has 0 atom stereocenters. The number of halogens is 3. The van der Waals surface area contributed by atoms with E-state index in [-0.39, 0.29) is 19.5 Å². The summed E-state index contributed by atoms with van der Waals surface area (Å²) in [6, 6.07) is 1.86. The highest BCUT2D eigenvalue weighted by Crippen LogP contribution is 2.15. The van der Waals surface area contributed by atoms with Gasteiger partial charge in [0.15, 0.2) is 6.61 Å². The number of carbonyl (C=O) groups is 1. The fraction of sp³-hybridized carbons (Fsp3) is 0.833. The molecule has 1 amide bonds. The molecule has 0 aromatic carbocycles. The van der Waals surface area contributed by atoms with Crippen molar-refractivity contribution in [2.45, 2.75) is 12.6 Å². The maximum absolute atomic E-state index is 12.0. The quantitative estimate of drug-likeness (QED) is 0.738. The molecule has 9 heteroatoms. The highest BCUT2D eigenvalue weighted by atomic mass is 19.4. The number of nitrogens with zero attached hydrogens (tertiary/aromatic N) is 3. The van der Waals surface area contributed by atoms with Crippen LogP contribution in [0.5, 0.6) is 0 Å². The van der Waals surface area contributed by atoms with Crippen molar-refractivity contribution in [1.82, 2.24) is 9.80 Å². The van der Waals surface area contributed by atoms with E-state index in [9.17, 15) is 18.0 Å². The fourth-order valence-electron chi connectivity index (χ4n) is 1.80. The maximum Gasteiger partial charge on any atom is 0.422 e. The maximum atomic E-state index is 12.0. The van der Waals surface area contributed by atoms with Gasteiger partial charge in [0.05, 0.1) is 25.7 Å². The molecule has 1 aliphatic rings. The minimum Gasteiger partial charge on any atom is -0.440 e. The van der Waals surface area contributed by atoms with Gasteiger partial charge in [-0.1, -0.05) is 0 Å². The number of ether oxygens (including phenoxy) is 2. The molecule has 0 aromatic rings. The van der Waals surface area contributed by atoms with Crippen molar-refractivity contribution in [3.8, 4) is 6.07 Å². The van der Waals surface area contributed by atoms with Crippen LogP contribution in [0.25, 0.3) is 0 Å². The molecule has 6 nitrogen and oxygen atoms in total. The van der Waals surface area contributed by atoms with E-state index in [1.165, 1.54) is 0 Å². The molecule has 0 spiro atoms. The number of amides is 1. The van der Waals surface area contributed by atoms with Crippen LogP contribution in [0, 0.1) is 11.3 Å². The van der Waals surface area contributed by atoms with E-state index >= 15 is 0 Å². The summed E-state index contributed by atoms with van der Waals surface area (Å²) < 4.78 is 45.5. The smallest absolute Gasteiger partial charge is 0.422 e. The van der Waals surface area contributed by atoms with Crippen LogP contribution in [0.15, 0.2) is 0 Å². The first kappa shape index (κ1) is 17.5. The molecular formula is C12H18F3N3O3. The van der Waals surface area contributed by atoms with Gasteiger partial charge in [-0.25, -0.2) is 4.79 Å². The molecule has 1 fully saturated rings. The Morgan fingerprint density at radius 1 is 1.33 bits per heavy atom. The highest BCUT2D eigenvalue weighted by molar-refractivity contribution is 5.67. The van der Waals surface area contributed by atoms with Crippen molar-refractivity contribution in [2.24, 2.45) is 0 Å². The van der Waals surface area contributed by atoms with Crippen LogP contribution in [-0.2, 0) is 9.47 Å². The summed E-state index contributed by atoms with van der Waals surface area (Å²) in [5.74, 6) is 0. The number of rotatable bonds is 6. The highest BCUT2D eigenvalue weighted by Gasteiger charge is 2.30. The van der Waals surface area contributed by atoms with Gasteiger partial charge in [0, 0.05) is 32.7 Å². The molecule has 21 heavy (non-hydrogen) atoms. The lowest BCUT2D eigenvalue weighted by atomic mass is 10.3. The lowest BCUT2D eigenvalue weighted by molar-refractivity contribution is -0.162. The summed E-state index contributed by atoms with van der Waals surface area (Å²) in [7, 11) is 0. The van der Waals surface area contributed by atoms with Gasteiger partial charge in [0.25, 0.3) is 0 Å². The van der Waals surface area contributed by atoms with Crippen LogP contribution in [0.3, 0.4) is 0 Å². The number of hydrogen-bond acceptors (Lipinski definition) is 5. The van der Waals surface area contributed by atoms with Crippen LogP contribution in [0.1, 0.15) is 6.42 Å². The van der Waals surface area contributed by atoms with Crippen molar-refractivity contribution < 1.29 is 27.4 Å². The number of nitriles is 1. The Hall–Kier alpha value is -1.53. The van der Waals surface area contributed by atoms with E-state index in [4.69, 9.17) is 10.00 Å². The van der Waals surface area contributed by atoms with E-state index in [2.05, 4.69) is 4.74 Å². The van der Waals surface area contributed by atoms with Crippen LogP contribution in [0.4, 0.5) is 18.0 Å². The van der Waals surface area contributed by atoms with Crippen molar-refractivity contribution in [3.63, 3.8) is 0 Å². The summed E-state index contributed by atoms with van der Waals surface area (Å²) >= 11 is 0. The van der Waals surface area contributed by atoms with Crippen LogP contribution < -0.4 is 0 Å². The Morgan fingerprint density at radius 2 is 2.00 bits per heavy atom. The lowest BCUT2D eigenvalue weighted by Crippen LogP contribution is -2.44. The molecule has 1 aliphatic heterocycles. The zero-order valence-electron chi connectivity index (χ0n) is 11.6. The molecule has 0 aromatic heterocycles. The summed E-state index contributed by atoms with van der Waals surface area (Å²) in [6.07, 6.45) is -5.55. The topological polar surface area (TPSA) is 65.8 Å². The number of carbonyl (C=O) groups excluding carboxylic acids is 1. The normalized spacial score (nSPS) is 16.3. The first-order valence-corrected chi connectivity index (χ1v) is 6.58. The number of alkyl halides is 3. The Morgan fingerprint density at radius 3 is 2.57 bits per heavy atom. The van der Waals surface area contributed by atoms with Crippen molar-refractivity contribution in [1.29, 1.82) is 5.26 Å². The van der Waals surface area contributed by atoms with E-state index in [0.29, 0.717) is 32.8 Å². The van der Waals surface area contributed by atoms with Gasteiger partial charge in [0.2, 0.25) is 0 Å². The van der Waals surface area contributed by atoms with Crippen molar-refractivity contribution in [2.75, 3.05) is 52.5 Å². The molecule has 120 valence electrons. The Bertz CT molecular complexity index is 365. The minimum atomic E-state index is -4.55. The van der Waals surface area contributed by atoms with Gasteiger partial charge in [-0.3, -0.25) is 4.90 Å². The Labute approximate surface area is 121 Å². The summed E-state index contributed by atoms with van der Waals surface area (Å²) in [5, 5.41) is 8.54. The van der Waals surface area contributed by atoms with Crippen LogP contribution in [0.2, 0.25) is 0 Å². The number of morpholine rings is 1. The average Bonchev–Trinajstić information content (AvgIpc) is 2.45. The Balaban J connectivity index is 2.41. The van der Waals surface area contributed by atoms with Gasteiger partial charge >= 0.3 is 12.3 Å².